The monoisotopic (exact) mass is 215 g/mol. The van der Waals surface area contributed by atoms with Crippen LogP contribution in [0.5, 0.6) is 0 Å². The van der Waals surface area contributed by atoms with E-state index >= 15 is 0 Å². The van der Waals surface area contributed by atoms with Crippen LogP contribution in [-0.2, 0) is 0 Å². The molecule has 1 unspecified atom stereocenters. The number of nitrogens with one attached hydrogen (secondary N) is 1. The first-order chi connectivity index (χ1) is 7.61. The molecule has 2 heteroatoms. The molecule has 84 valence electrons. The maximum Gasteiger partial charge on any atom is 0.134 e. The number of hydrogen-bond donors (Lipinski definition) is 1. The Morgan fingerprint density at radius 1 is 1.38 bits per heavy atom. The number of furan rings is 1. The van der Waals surface area contributed by atoms with E-state index in [4.69, 9.17) is 4.42 Å². The molecule has 16 heavy (non-hydrogen) atoms. The minimum Gasteiger partial charge on any atom is -0.459 e. The fourth-order valence-electron chi connectivity index (χ4n) is 1.96. The zero-order valence-corrected chi connectivity index (χ0v) is 10.0. The summed E-state index contributed by atoms with van der Waals surface area (Å²) in [6.45, 7) is 8.05. The van der Waals surface area contributed by atoms with E-state index in [1.807, 2.05) is 20.0 Å². The fraction of sp³-hybridized carbons (Fsp3) is 0.286. The van der Waals surface area contributed by atoms with Gasteiger partial charge >= 0.3 is 0 Å². The SMILES string of the molecule is C=C(C)C(NC)c1cc2cc(C)ccc2o1. The van der Waals surface area contributed by atoms with E-state index in [1.54, 1.807) is 0 Å². The second kappa shape index (κ2) is 4.14. The van der Waals surface area contributed by atoms with Crippen molar-refractivity contribution in [3.63, 3.8) is 0 Å². The zero-order valence-electron chi connectivity index (χ0n) is 10.0. The van der Waals surface area contributed by atoms with Gasteiger partial charge in [-0.05, 0) is 39.1 Å². The third kappa shape index (κ3) is 1.89. The van der Waals surface area contributed by atoms with Crippen LogP contribution in [0.4, 0.5) is 0 Å². The lowest BCUT2D eigenvalue weighted by Crippen LogP contribution is -2.16. The molecule has 2 rings (SSSR count). The van der Waals surface area contributed by atoms with Crippen molar-refractivity contribution in [2.45, 2.75) is 19.9 Å². The lowest BCUT2D eigenvalue weighted by molar-refractivity contribution is 0.488. The van der Waals surface area contributed by atoms with Crippen LogP contribution in [0, 0.1) is 6.92 Å². The van der Waals surface area contributed by atoms with Gasteiger partial charge in [-0.3, -0.25) is 0 Å². The van der Waals surface area contributed by atoms with Gasteiger partial charge in [-0.1, -0.05) is 23.8 Å². The number of fused-ring (bicyclic) bond motifs is 1. The van der Waals surface area contributed by atoms with Crippen molar-refractivity contribution in [2.75, 3.05) is 7.05 Å². The normalized spacial score (nSPS) is 12.9. The summed E-state index contributed by atoms with van der Waals surface area (Å²) in [6.07, 6.45) is 0. The van der Waals surface area contributed by atoms with Crippen LogP contribution in [0.15, 0.2) is 40.8 Å². The zero-order chi connectivity index (χ0) is 11.7. The molecule has 1 heterocycles. The Hall–Kier alpha value is -1.54. The van der Waals surface area contributed by atoms with Crippen molar-refractivity contribution in [2.24, 2.45) is 0 Å². The summed E-state index contributed by atoms with van der Waals surface area (Å²) >= 11 is 0. The van der Waals surface area contributed by atoms with E-state index in [-0.39, 0.29) is 6.04 Å². The van der Waals surface area contributed by atoms with Gasteiger partial charge in [0.2, 0.25) is 0 Å². The van der Waals surface area contributed by atoms with Crippen LogP contribution in [0.25, 0.3) is 11.0 Å². The molecule has 0 saturated heterocycles. The summed E-state index contributed by atoms with van der Waals surface area (Å²) in [5.74, 6) is 0.926. The molecule has 0 aliphatic rings. The molecule has 0 radical (unpaired) electrons. The Bertz CT molecular complexity index is 525. The molecular weight excluding hydrogens is 198 g/mol. The van der Waals surface area contributed by atoms with E-state index in [2.05, 4.69) is 37.0 Å². The Balaban J connectivity index is 2.49. The first-order valence-corrected chi connectivity index (χ1v) is 5.44. The van der Waals surface area contributed by atoms with Crippen LogP contribution in [-0.4, -0.2) is 7.05 Å². The highest BCUT2D eigenvalue weighted by molar-refractivity contribution is 5.78. The van der Waals surface area contributed by atoms with E-state index < -0.39 is 0 Å². The lowest BCUT2D eigenvalue weighted by atomic mass is 10.1. The molecule has 0 bridgehead atoms. The summed E-state index contributed by atoms with van der Waals surface area (Å²) in [4.78, 5) is 0. The summed E-state index contributed by atoms with van der Waals surface area (Å²) in [7, 11) is 1.91. The van der Waals surface area contributed by atoms with Crippen molar-refractivity contribution in [3.05, 3.63) is 47.7 Å². The van der Waals surface area contributed by atoms with Gasteiger partial charge in [-0.2, -0.15) is 0 Å². The number of likely N-dealkylation sites (N-methyl/N-ethyl adjacent to an activating group) is 1. The molecule has 0 saturated carbocycles. The van der Waals surface area contributed by atoms with Crippen LogP contribution >= 0.6 is 0 Å². The molecule has 0 fully saturated rings. The van der Waals surface area contributed by atoms with Crippen molar-refractivity contribution in [1.82, 2.24) is 5.32 Å². The first kappa shape index (κ1) is 11.0. The van der Waals surface area contributed by atoms with Crippen molar-refractivity contribution in [1.29, 1.82) is 0 Å². The molecule has 1 N–H and O–H groups in total. The van der Waals surface area contributed by atoms with Crippen molar-refractivity contribution >= 4 is 11.0 Å². The number of aryl methyl sites for hydroxylation is 1. The van der Waals surface area contributed by atoms with Crippen LogP contribution in [0.2, 0.25) is 0 Å². The smallest absolute Gasteiger partial charge is 0.134 e. The summed E-state index contributed by atoms with van der Waals surface area (Å²) < 4.78 is 5.81. The van der Waals surface area contributed by atoms with Gasteiger partial charge in [-0.25, -0.2) is 0 Å². The number of rotatable bonds is 3. The highest BCUT2D eigenvalue weighted by atomic mass is 16.3. The Kier molecular flexibility index (Phi) is 2.84. The molecule has 2 aromatic rings. The molecule has 1 aromatic heterocycles. The second-order valence-electron chi connectivity index (χ2n) is 4.26. The first-order valence-electron chi connectivity index (χ1n) is 5.44. The molecule has 2 nitrogen and oxygen atoms in total. The maximum atomic E-state index is 5.81. The third-order valence-corrected chi connectivity index (χ3v) is 2.76. The van der Waals surface area contributed by atoms with Gasteiger partial charge in [0.15, 0.2) is 0 Å². The molecule has 1 aromatic carbocycles. The third-order valence-electron chi connectivity index (χ3n) is 2.76. The fourth-order valence-corrected chi connectivity index (χ4v) is 1.96. The standard InChI is InChI=1S/C14H17NO/c1-9(2)14(15-4)13-8-11-7-10(3)5-6-12(11)16-13/h5-8,14-15H,1H2,2-4H3. The predicted molar refractivity (Wildman–Crippen MR) is 67.6 cm³/mol. The van der Waals surface area contributed by atoms with Crippen LogP contribution < -0.4 is 5.32 Å². The minimum absolute atomic E-state index is 0.0905. The second-order valence-corrected chi connectivity index (χ2v) is 4.26. The topological polar surface area (TPSA) is 25.2 Å². The predicted octanol–water partition coefficient (Wildman–Crippen LogP) is 3.58. The maximum absolute atomic E-state index is 5.81. The molecule has 0 aliphatic carbocycles. The molecule has 0 amide bonds. The number of hydrogen-bond acceptors (Lipinski definition) is 2. The van der Waals surface area contributed by atoms with Gasteiger partial charge in [-0.15, -0.1) is 0 Å². The van der Waals surface area contributed by atoms with E-state index in [9.17, 15) is 0 Å². The average molecular weight is 215 g/mol. The van der Waals surface area contributed by atoms with Gasteiger partial charge in [0.05, 0.1) is 6.04 Å². The van der Waals surface area contributed by atoms with E-state index in [0.29, 0.717) is 0 Å². The summed E-state index contributed by atoms with van der Waals surface area (Å²) in [6, 6.07) is 8.38. The van der Waals surface area contributed by atoms with Crippen molar-refractivity contribution in [3.8, 4) is 0 Å². The van der Waals surface area contributed by atoms with Gasteiger partial charge in [0, 0.05) is 5.39 Å². The molecule has 1 atom stereocenters. The Morgan fingerprint density at radius 3 is 2.75 bits per heavy atom. The molecule has 0 aliphatic heterocycles. The van der Waals surface area contributed by atoms with Gasteiger partial charge in [0.25, 0.3) is 0 Å². The van der Waals surface area contributed by atoms with Crippen LogP contribution in [0.1, 0.15) is 24.3 Å². The quantitative estimate of drug-likeness (QED) is 0.792. The molecular formula is C14H17NO. The van der Waals surface area contributed by atoms with Gasteiger partial charge in [0.1, 0.15) is 11.3 Å². The average Bonchev–Trinajstić information content (AvgIpc) is 2.60. The summed E-state index contributed by atoms with van der Waals surface area (Å²) in [5, 5.41) is 4.35. The summed E-state index contributed by atoms with van der Waals surface area (Å²) in [5.41, 5.74) is 3.23. The highest BCUT2D eigenvalue weighted by Crippen LogP contribution is 2.27. The Labute approximate surface area is 96.0 Å². The number of benzene rings is 1. The molecule has 0 spiro atoms. The van der Waals surface area contributed by atoms with Crippen molar-refractivity contribution < 1.29 is 4.42 Å². The lowest BCUT2D eigenvalue weighted by Gasteiger charge is -2.12. The minimum atomic E-state index is 0.0905. The van der Waals surface area contributed by atoms with Gasteiger partial charge < -0.3 is 9.73 Å². The van der Waals surface area contributed by atoms with Crippen LogP contribution in [0.3, 0.4) is 0 Å². The van der Waals surface area contributed by atoms with E-state index in [1.165, 1.54) is 5.56 Å². The largest absolute Gasteiger partial charge is 0.459 e. The highest BCUT2D eigenvalue weighted by Gasteiger charge is 2.14. The Morgan fingerprint density at radius 2 is 2.12 bits per heavy atom. The van der Waals surface area contributed by atoms with E-state index in [0.717, 1.165) is 22.3 Å².